The Bertz CT molecular complexity index is 743. The van der Waals surface area contributed by atoms with Crippen LogP contribution in [-0.4, -0.2) is 8.07 Å². The van der Waals surface area contributed by atoms with Gasteiger partial charge in [-0.2, -0.15) is 16.7 Å². The molecule has 0 N–H and O–H groups in total. The number of hydrogen-bond acceptors (Lipinski definition) is 0. The largest absolute Gasteiger partial charge is 4.00 e. The quantitative estimate of drug-likeness (QED) is 0.435. The number of allylic oxidation sites excluding steroid dienone is 5. The Morgan fingerprint density at radius 1 is 1.04 bits per heavy atom. The second kappa shape index (κ2) is 10.1. The van der Waals surface area contributed by atoms with Gasteiger partial charge in [0.25, 0.3) is 0 Å². The molecule has 0 aromatic heterocycles. The zero-order valence-corrected chi connectivity index (χ0v) is 21.4. The third-order valence-electron chi connectivity index (χ3n) is 6.47. The van der Waals surface area contributed by atoms with E-state index in [1.54, 1.807) is 5.56 Å². The normalized spacial score (nSPS) is 22.7. The van der Waals surface area contributed by atoms with Gasteiger partial charge >= 0.3 is 21.7 Å². The van der Waals surface area contributed by atoms with Crippen molar-refractivity contribution in [3.8, 4) is 0 Å². The first-order valence-electron chi connectivity index (χ1n) is 9.23. The van der Waals surface area contributed by atoms with E-state index in [2.05, 4.69) is 83.7 Å². The van der Waals surface area contributed by atoms with Gasteiger partial charge in [0.05, 0.1) is 0 Å². The summed E-state index contributed by atoms with van der Waals surface area (Å²) < 4.78 is 0. The van der Waals surface area contributed by atoms with E-state index in [0.717, 1.165) is 0 Å². The maximum absolute atomic E-state index is 3.60. The van der Waals surface area contributed by atoms with Crippen LogP contribution in [0.2, 0.25) is 18.6 Å². The number of rotatable bonds is 1. The van der Waals surface area contributed by atoms with Gasteiger partial charge in [-0.3, -0.25) is 12.2 Å². The van der Waals surface area contributed by atoms with Gasteiger partial charge in [-0.1, -0.05) is 81.9 Å². The average Bonchev–Trinajstić information content (AvgIpc) is 3.02. The summed E-state index contributed by atoms with van der Waals surface area (Å²) in [4.78, 5) is 0. The first kappa shape index (κ1) is 27.0. The molecule has 1 aliphatic heterocycles. The van der Waals surface area contributed by atoms with Crippen LogP contribution in [0.5, 0.6) is 0 Å². The summed E-state index contributed by atoms with van der Waals surface area (Å²) in [7, 11) is -0.957. The molecule has 0 saturated carbocycles. The zero-order chi connectivity index (χ0) is 17.5. The summed E-state index contributed by atoms with van der Waals surface area (Å²) >= 11 is 0. The van der Waals surface area contributed by atoms with E-state index in [-0.39, 0.29) is 51.9 Å². The fourth-order valence-electron chi connectivity index (χ4n) is 4.17. The molecule has 0 bridgehead atoms. The predicted octanol–water partition coefficient (Wildman–Crippen LogP) is 0.739. The standard InChI is InChI=1S/C13H15Si.C10H15.2ClH.Ti/c1-14(9-4-10-14)13-8-7-11-5-2-3-6-12(11)13;1-7-6-10(4,5)9(3)8(7)2;;;/h2-3,5-7,13H,4,9-10H2,1H3;1-5H3;2*1H;/q2*-1;;;+4/p-2. The SMILES string of the molecule is CC1=[C-]C(C)(C)C(C)=C1C.C[Si]1(C2[C-]=Cc3ccccc32)CCC1.[Cl-].[Cl-].[Ti+4]. The van der Waals surface area contributed by atoms with Gasteiger partial charge in [0, 0.05) is 8.07 Å². The van der Waals surface area contributed by atoms with Gasteiger partial charge in [0.1, 0.15) is 0 Å². The molecule has 0 radical (unpaired) electrons. The van der Waals surface area contributed by atoms with Gasteiger partial charge in [0.15, 0.2) is 0 Å². The second-order valence-corrected chi connectivity index (χ2v) is 13.4. The Morgan fingerprint density at radius 2 is 1.63 bits per heavy atom. The van der Waals surface area contributed by atoms with Crippen LogP contribution in [0.4, 0.5) is 0 Å². The fraction of sp³-hybridized carbons (Fsp3) is 0.478. The third-order valence-corrected chi connectivity index (χ3v) is 11.3. The van der Waals surface area contributed by atoms with Crippen LogP contribution in [0.25, 0.3) is 6.08 Å². The van der Waals surface area contributed by atoms with Crippen molar-refractivity contribution in [2.45, 2.75) is 65.2 Å². The first-order valence-corrected chi connectivity index (χ1v) is 12.2. The Balaban J connectivity index is 0.000000473. The van der Waals surface area contributed by atoms with Crippen LogP contribution in [0.3, 0.4) is 0 Å². The minimum atomic E-state index is -0.957. The predicted molar refractivity (Wildman–Crippen MR) is 107 cm³/mol. The molecule has 4 rings (SSSR count). The second-order valence-electron chi connectivity index (χ2n) is 8.51. The fourth-order valence-corrected chi connectivity index (χ4v) is 7.72. The summed E-state index contributed by atoms with van der Waals surface area (Å²) in [5.41, 5.74) is 8.07. The van der Waals surface area contributed by atoms with Crippen LogP contribution >= 0.6 is 0 Å². The summed E-state index contributed by atoms with van der Waals surface area (Å²) in [5.74, 6) is 0. The molecular weight excluding hydrogens is 423 g/mol. The molecule has 1 saturated heterocycles. The van der Waals surface area contributed by atoms with Crippen LogP contribution in [0, 0.1) is 17.6 Å². The number of hydrogen-bond donors (Lipinski definition) is 0. The third kappa shape index (κ3) is 5.31. The van der Waals surface area contributed by atoms with Crippen LogP contribution in [0.15, 0.2) is 41.0 Å². The topological polar surface area (TPSA) is 0 Å². The summed E-state index contributed by atoms with van der Waals surface area (Å²) in [6.07, 6.45) is 10.7. The Hall–Kier alpha value is -0.0488. The van der Waals surface area contributed by atoms with Crippen molar-refractivity contribution >= 4 is 14.1 Å². The maximum Gasteiger partial charge on any atom is 4.00 e. The monoisotopic (exact) mass is 452 g/mol. The summed E-state index contributed by atoms with van der Waals surface area (Å²) in [6.45, 7) is 13.5. The minimum Gasteiger partial charge on any atom is -1.00 e. The van der Waals surface area contributed by atoms with Crippen molar-refractivity contribution < 1.29 is 46.5 Å². The van der Waals surface area contributed by atoms with E-state index in [1.807, 2.05) is 0 Å². The van der Waals surface area contributed by atoms with E-state index < -0.39 is 8.07 Å². The van der Waals surface area contributed by atoms with Crippen molar-refractivity contribution in [1.29, 1.82) is 0 Å². The summed E-state index contributed by atoms with van der Waals surface area (Å²) in [5, 5.41) is 0. The van der Waals surface area contributed by atoms with Crippen molar-refractivity contribution in [1.82, 2.24) is 0 Å². The molecule has 1 aromatic rings. The molecule has 2 aliphatic carbocycles. The van der Waals surface area contributed by atoms with Crippen LogP contribution < -0.4 is 24.8 Å². The molecule has 144 valence electrons. The maximum atomic E-state index is 3.60. The minimum absolute atomic E-state index is 0. The molecule has 1 atom stereocenters. The van der Waals surface area contributed by atoms with E-state index in [4.69, 9.17) is 0 Å². The van der Waals surface area contributed by atoms with E-state index in [0.29, 0.717) is 5.54 Å². The molecule has 0 amide bonds. The number of halogens is 2. The zero-order valence-electron chi connectivity index (χ0n) is 17.3. The Morgan fingerprint density at radius 3 is 2.04 bits per heavy atom. The van der Waals surface area contributed by atoms with Crippen molar-refractivity contribution in [2.75, 3.05) is 0 Å². The molecule has 1 aromatic carbocycles. The molecule has 1 fully saturated rings. The van der Waals surface area contributed by atoms with Crippen LogP contribution in [-0.2, 0) is 21.7 Å². The van der Waals surface area contributed by atoms with Gasteiger partial charge < -0.3 is 24.8 Å². The Kier molecular flexibility index (Phi) is 10.1. The van der Waals surface area contributed by atoms with E-state index in [9.17, 15) is 0 Å². The number of fused-ring (bicyclic) bond motifs is 1. The molecule has 4 heteroatoms. The smallest absolute Gasteiger partial charge is 1.00 e. The first-order chi connectivity index (χ1) is 11.2. The molecule has 0 nitrogen and oxygen atoms in total. The average molecular weight is 453 g/mol. The van der Waals surface area contributed by atoms with Crippen molar-refractivity contribution in [3.63, 3.8) is 0 Å². The molecular formula is C23H30Cl2SiTi. The van der Waals surface area contributed by atoms with Gasteiger partial charge in [-0.05, 0) is 0 Å². The molecule has 3 aliphatic rings. The van der Waals surface area contributed by atoms with Crippen LogP contribution in [0.1, 0.15) is 57.7 Å². The van der Waals surface area contributed by atoms with E-state index in [1.165, 1.54) is 40.8 Å². The molecule has 0 spiro atoms. The number of benzene rings is 1. The summed E-state index contributed by atoms with van der Waals surface area (Å²) in [6, 6.07) is 11.8. The Labute approximate surface area is 194 Å². The van der Waals surface area contributed by atoms with Gasteiger partial charge in [-0.25, -0.2) is 11.6 Å². The molecule has 1 heterocycles. The van der Waals surface area contributed by atoms with Crippen molar-refractivity contribution in [2.24, 2.45) is 5.41 Å². The molecule has 1 unspecified atom stereocenters. The molecule has 27 heavy (non-hydrogen) atoms. The van der Waals surface area contributed by atoms with Gasteiger partial charge in [0.2, 0.25) is 0 Å². The van der Waals surface area contributed by atoms with E-state index >= 15 is 0 Å². The van der Waals surface area contributed by atoms with Crippen molar-refractivity contribution in [3.05, 3.63) is 64.3 Å². The van der Waals surface area contributed by atoms with Gasteiger partial charge in [-0.15, -0.1) is 18.6 Å².